The summed E-state index contributed by atoms with van der Waals surface area (Å²) in [4.78, 5) is 22.8. The number of nitrogens with zero attached hydrogens (tertiary/aromatic N) is 3. The van der Waals surface area contributed by atoms with E-state index in [2.05, 4.69) is 21.5 Å². The van der Waals surface area contributed by atoms with Crippen LogP contribution in [0.25, 0.3) is 10.9 Å². The molecule has 0 spiro atoms. The van der Waals surface area contributed by atoms with Gasteiger partial charge in [0, 0.05) is 62.2 Å². The lowest BCUT2D eigenvalue weighted by molar-refractivity contribution is 0.0691. The van der Waals surface area contributed by atoms with Crippen LogP contribution in [0.15, 0.2) is 36.7 Å². The molecule has 1 aliphatic heterocycles. The molecular weight excluding hydrogens is 352 g/mol. The van der Waals surface area contributed by atoms with E-state index in [-0.39, 0.29) is 5.91 Å². The van der Waals surface area contributed by atoms with E-state index < -0.39 is 0 Å². The molecular formula is C22H28N4O2. The van der Waals surface area contributed by atoms with Gasteiger partial charge < -0.3 is 19.2 Å². The van der Waals surface area contributed by atoms with Crippen LogP contribution in [0, 0.1) is 12.8 Å². The van der Waals surface area contributed by atoms with E-state index in [1.54, 1.807) is 7.11 Å². The maximum absolute atomic E-state index is 13.0. The minimum Gasteiger partial charge on any atom is -0.383 e. The number of H-pyrrole nitrogens is 1. The summed E-state index contributed by atoms with van der Waals surface area (Å²) >= 11 is 0. The van der Waals surface area contributed by atoms with Crippen molar-refractivity contribution in [3.8, 4) is 0 Å². The number of para-hydroxylation sites is 1. The number of rotatable bonds is 6. The molecule has 3 heterocycles. The summed E-state index contributed by atoms with van der Waals surface area (Å²) in [7, 11) is 1.73. The molecule has 6 heteroatoms. The van der Waals surface area contributed by atoms with Crippen LogP contribution in [-0.4, -0.2) is 52.1 Å². The lowest BCUT2D eigenvalue weighted by Gasteiger charge is -2.32. The second-order valence-electron chi connectivity index (χ2n) is 7.65. The first-order valence-electron chi connectivity index (χ1n) is 10.0. The Kier molecular flexibility index (Phi) is 5.48. The molecule has 6 nitrogen and oxygen atoms in total. The SMILES string of the molecule is COCCn1c(C)cnc1CC1CCN(C(=O)c2c[nH]c3ccccc23)CC1. The molecule has 28 heavy (non-hydrogen) atoms. The van der Waals surface area contributed by atoms with Crippen LogP contribution < -0.4 is 0 Å². The van der Waals surface area contributed by atoms with Crippen molar-refractivity contribution in [2.75, 3.05) is 26.8 Å². The van der Waals surface area contributed by atoms with Gasteiger partial charge in [0.15, 0.2) is 0 Å². The summed E-state index contributed by atoms with van der Waals surface area (Å²) in [5.41, 5.74) is 2.97. The van der Waals surface area contributed by atoms with Crippen molar-refractivity contribution in [3.63, 3.8) is 0 Å². The predicted molar refractivity (Wildman–Crippen MR) is 109 cm³/mol. The fourth-order valence-corrected chi connectivity index (χ4v) is 4.18. The summed E-state index contributed by atoms with van der Waals surface area (Å²) in [6, 6.07) is 7.98. The van der Waals surface area contributed by atoms with E-state index in [4.69, 9.17) is 4.74 Å². The van der Waals surface area contributed by atoms with Crippen LogP contribution in [-0.2, 0) is 17.7 Å². The number of aryl methyl sites for hydroxylation is 1. The van der Waals surface area contributed by atoms with Gasteiger partial charge >= 0.3 is 0 Å². The molecule has 1 N–H and O–H groups in total. The molecule has 1 amide bonds. The molecule has 1 saturated heterocycles. The summed E-state index contributed by atoms with van der Waals surface area (Å²) < 4.78 is 7.48. The number of imidazole rings is 1. The number of hydrogen-bond donors (Lipinski definition) is 1. The zero-order valence-electron chi connectivity index (χ0n) is 16.6. The van der Waals surface area contributed by atoms with Gasteiger partial charge in [-0.1, -0.05) is 18.2 Å². The second kappa shape index (κ2) is 8.19. The molecule has 0 atom stereocenters. The standard InChI is InChI=1S/C22H28N4O2/c1-16-14-24-21(26(16)11-12-28-2)13-17-7-9-25(10-8-17)22(27)19-15-23-20-6-4-3-5-18(19)20/h3-6,14-15,17,23H,7-13H2,1-2H3. The molecule has 1 fully saturated rings. The molecule has 148 valence electrons. The number of nitrogens with one attached hydrogen (secondary N) is 1. The number of ether oxygens (including phenoxy) is 1. The van der Waals surface area contributed by atoms with Gasteiger partial charge in [-0.25, -0.2) is 4.98 Å². The van der Waals surface area contributed by atoms with Gasteiger partial charge in [-0.3, -0.25) is 4.79 Å². The molecule has 0 saturated carbocycles. The number of fused-ring (bicyclic) bond motifs is 1. The highest BCUT2D eigenvalue weighted by molar-refractivity contribution is 6.06. The lowest BCUT2D eigenvalue weighted by atomic mass is 9.92. The van der Waals surface area contributed by atoms with Crippen molar-refractivity contribution in [2.45, 2.75) is 32.7 Å². The lowest BCUT2D eigenvalue weighted by Crippen LogP contribution is -2.39. The normalized spacial score (nSPS) is 15.4. The quantitative estimate of drug-likeness (QED) is 0.713. The Morgan fingerprint density at radius 3 is 2.86 bits per heavy atom. The molecule has 4 rings (SSSR count). The summed E-state index contributed by atoms with van der Waals surface area (Å²) in [6.07, 6.45) is 6.79. The van der Waals surface area contributed by atoms with Crippen LogP contribution in [0.2, 0.25) is 0 Å². The van der Waals surface area contributed by atoms with Crippen molar-refractivity contribution in [3.05, 3.63) is 53.7 Å². The number of amides is 1. The number of aromatic nitrogens is 3. The zero-order chi connectivity index (χ0) is 19.5. The van der Waals surface area contributed by atoms with Crippen LogP contribution in [0.3, 0.4) is 0 Å². The number of likely N-dealkylation sites (tertiary alicyclic amines) is 1. The highest BCUT2D eigenvalue weighted by Gasteiger charge is 2.26. The summed E-state index contributed by atoms with van der Waals surface area (Å²) in [5.74, 6) is 1.83. The van der Waals surface area contributed by atoms with Crippen LogP contribution in [0.4, 0.5) is 0 Å². The Bertz CT molecular complexity index is 951. The van der Waals surface area contributed by atoms with Gasteiger partial charge in [0.1, 0.15) is 5.82 Å². The molecule has 0 aliphatic carbocycles. The monoisotopic (exact) mass is 380 g/mol. The van der Waals surface area contributed by atoms with E-state index >= 15 is 0 Å². The topological polar surface area (TPSA) is 63.1 Å². The number of aromatic amines is 1. The largest absolute Gasteiger partial charge is 0.383 e. The van der Waals surface area contributed by atoms with Crippen LogP contribution in [0.1, 0.15) is 34.7 Å². The van der Waals surface area contributed by atoms with E-state index in [0.29, 0.717) is 12.5 Å². The maximum Gasteiger partial charge on any atom is 0.256 e. The van der Waals surface area contributed by atoms with Gasteiger partial charge in [0.2, 0.25) is 0 Å². The Labute approximate surface area is 165 Å². The van der Waals surface area contributed by atoms with Gasteiger partial charge in [0.05, 0.1) is 12.2 Å². The van der Waals surface area contributed by atoms with Crippen molar-refractivity contribution < 1.29 is 9.53 Å². The molecule has 0 unspecified atom stereocenters. The fraction of sp³-hybridized carbons (Fsp3) is 0.455. The van der Waals surface area contributed by atoms with Gasteiger partial charge in [-0.15, -0.1) is 0 Å². The van der Waals surface area contributed by atoms with Gasteiger partial charge in [0.25, 0.3) is 5.91 Å². The number of hydrogen-bond acceptors (Lipinski definition) is 3. The number of carbonyl (C=O) groups excluding carboxylic acids is 1. The number of carbonyl (C=O) groups is 1. The van der Waals surface area contributed by atoms with E-state index in [1.165, 1.54) is 5.69 Å². The molecule has 0 bridgehead atoms. The van der Waals surface area contributed by atoms with Crippen LogP contribution >= 0.6 is 0 Å². The van der Waals surface area contributed by atoms with E-state index in [0.717, 1.165) is 61.2 Å². The van der Waals surface area contributed by atoms with E-state index in [1.807, 2.05) is 41.6 Å². The van der Waals surface area contributed by atoms with Crippen molar-refractivity contribution in [1.29, 1.82) is 0 Å². The fourth-order valence-electron chi connectivity index (χ4n) is 4.18. The third-order valence-corrected chi connectivity index (χ3v) is 5.85. The van der Waals surface area contributed by atoms with Crippen molar-refractivity contribution in [1.82, 2.24) is 19.4 Å². The highest BCUT2D eigenvalue weighted by Crippen LogP contribution is 2.25. The zero-order valence-corrected chi connectivity index (χ0v) is 16.6. The third kappa shape index (κ3) is 3.69. The van der Waals surface area contributed by atoms with Gasteiger partial charge in [-0.2, -0.15) is 0 Å². The van der Waals surface area contributed by atoms with Crippen molar-refractivity contribution >= 4 is 16.8 Å². The molecule has 2 aromatic heterocycles. The average Bonchev–Trinajstić information content (AvgIpc) is 3.30. The summed E-state index contributed by atoms with van der Waals surface area (Å²) in [6.45, 7) is 5.24. The summed E-state index contributed by atoms with van der Waals surface area (Å²) in [5, 5.41) is 1.00. The van der Waals surface area contributed by atoms with Crippen molar-refractivity contribution in [2.24, 2.45) is 5.92 Å². The molecule has 3 aromatic rings. The molecule has 1 aromatic carbocycles. The predicted octanol–water partition coefficient (Wildman–Crippen LogP) is 3.41. The minimum atomic E-state index is 0.133. The molecule has 0 radical (unpaired) electrons. The first-order valence-corrected chi connectivity index (χ1v) is 10.0. The number of methoxy groups -OCH3 is 1. The Balaban J connectivity index is 1.38. The van der Waals surface area contributed by atoms with E-state index in [9.17, 15) is 4.79 Å². The number of piperidine rings is 1. The van der Waals surface area contributed by atoms with Gasteiger partial charge in [-0.05, 0) is 31.7 Å². The first kappa shape index (κ1) is 18.7. The Hall–Kier alpha value is -2.60. The average molecular weight is 380 g/mol. The Morgan fingerprint density at radius 2 is 2.07 bits per heavy atom. The smallest absolute Gasteiger partial charge is 0.256 e. The highest BCUT2D eigenvalue weighted by atomic mass is 16.5. The second-order valence-corrected chi connectivity index (χ2v) is 7.65. The Morgan fingerprint density at radius 1 is 1.29 bits per heavy atom. The third-order valence-electron chi connectivity index (χ3n) is 5.85. The first-order chi connectivity index (χ1) is 13.7. The minimum absolute atomic E-state index is 0.133. The number of benzene rings is 1. The maximum atomic E-state index is 13.0. The van der Waals surface area contributed by atoms with Crippen LogP contribution in [0.5, 0.6) is 0 Å². The molecule has 1 aliphatic rings.